The van der Waals surface area contributed by atoms with E-state index in [9.17, 15) is 17.6 Å². The molecule has 0 aliphatic carbocycles. The molecule has 0 saturated carbocycles. The summed E-state index contributed by atoms with van der Waals surface area (Å²) in [5.74, 6) is -0.715. The van der Waals surface area contributed by atoms with Gasteiger partial charge in [-0.25, -0.2) is 12.8 Å². The van der Waals surface area contributed by atoms with Gasteiger partial charge in [-0.2, -0.15) is 4.31 Å². The monoisotopic (exact) mass is 434 g/mol. The third-order valence-corrected chi connectivity index (χ3v) is 6.33. The van der Waals surface area contributed by atoms with Crippen molar-refractivity contribution in [2.75, 3.05) is 38.2 Å². The van der Waals surface area contributed by atoms with Crippen LogP contribution in [0.2, 0.25) is 0 Å². The molecule has 1 fully saturated rings. The number of nitrogens with one attached hydrogen (secondary N) is 1. The highest BCUT2D eigenvalue weighted by atomic mass is 32.2. The van der Waals surface area contributed by atoms with E-state index in [0.29, 0.717) is 12.4 Å². The van der Waals surface area contributed by atoms with Crippen molar-refractivity contribution >= 4 is 27.7 Å². The minimum Gasteiger partial charge on any atom is -0.493 e. The molecule has 30 heavy (non-hydrogen) atoms. The topological polar surface area (TPSA) is 84.9 Å². The second kappa shape index (κ2) is 9.84. The summed E-state index contributed by atoms with van der Waals surface area (Å²) in [6.45, 7) is 3.18. The van der Waals surface area contributed by atoms with Gasteiger partial charge in [0, 0.05) is 30.4 Å². The molecule has 3 rings (SSSR count). The number of hydrogen-bond donors (Lipinski definition) is 1. The molecule has 1 amide bonds. The summed E-state index contributed by atoms with van der Waals surface area (Å²) in [5, 5.41) is 2.57. The minimum atomic E-state index is -4.03. The highest BCUT2D eigenvalue weighted by Crippen LogP contribution is 2.24. The Balaban J connectivity index is 1.76. The number of carbonyl (C=O) groups excluding carboxylic acids is 1. The molecule has 7 nitrogen and oxygen atoms in total. The summed E-state index contributed by atoms with van der Waals surface area (Å²) in [4.78, 5) is 11.8. The smallest absolute Gasteiger partial charge is 0.248 e. The summed E-state index contributed by atoms with van der Waals surface area (Å²) >= 11 is 0. The van der Waals surface area contributed by atoms with Gasteiger partial charge < -0.3 is 14.8 Å². The van der Waals surface area contributed by atoms with Crippen LogP contribution >= 0.6 is 0 Å². The van der Waals surface area contributed by atoms with Crippen molar-refractivity contribution in [1.82, 2.24) is 4.31 Å². The van der Waals surface area contributed by atoms with Gasteiger partial charge in [0.15, 0.2) is 0 Å². The van der Waals surface area contributed by atoms with Crippen molar-refractivity contribution in [2.45, 2.75) is 11.8 Å². The Morgan fingerprint density at radius 1 is 1.23 bits per heavy atom. The molecule has 2 aromatic carbocycles. The molecule has 0 bridgehead atoms. The van der Waals surface area contributed by atoms with E-state index in [-0.39, 0.29) is 32.0 Å². The van der Waals surface area contributed by atoms with Gasteiger partial charge in [0.05, 0.1) is 19.8 Å². The lowest BCUT2D eigenvalue weighted by Crippen LogP contribution is -2.40. The standard InChI is InChI=1S/C21H23FN2O5S/c1-2-29-19-6-4-3-5-16(19)7-10-21(25)23-17-8-9-18(22)20(15-17)30(26,27)24-11-13-28-14-12-24/h3-10,15H,2,11-14H2,1H3,(H,23,25)/b10-7+. The molecular formula is C21H23FN2O5S. The molecule has 2 aromatic rings. The number of para-hydroxylation sites is 1. The van der Waals surface area contributed by atoms with Gasteiger partial charge in [-0.1, -0.05) is 18.2 Å². The number of carbonyl (C=O) groups is 1. The third kappa shape index (κ3) is 5.24. The number of amides is 1. The van der Waals surface area contributed by atoms with Crippen LogP contribution < -0.4 is 10.1 Å². The quantitative estimate of drug-likeness (QED) is 0.678. The Hall–Kier alpha value is -2.75. The number of hydrogen-bond acceptors (Lipinski definition) is 5. The SMILES string of the molecule is CCOc1ccccc1/C=C/C(=O)Nc1ccc(F)c(S(=O)(=O)N2CCOCC2)c1. The van der Waals surface area contributed by atoms with Gasteiger partial charge in [-0.05, 0) is 37.3 Å². The molecule has 0 atom stereocenters. The van der Waals surface area contributed by atoms with E-state index in [1.165, 1.54) is 16.4 Å². The van der Waals surface area contributed by atoms with Crippen molar-refractivity contribution < 1.29 is 27.1 Å². The van der Waals surface area contributed by atoms with E-state index in [4.69, 9.17) is 9.47 Å². The molecule has 1 saturated heterocycles. The van der Waals surface area contributed by atoms with Crippen LogP contribution in [0, 0.1) is 5.82 Å². The van der Waals surface area contributed by atoms with Crippen molar-refractivity contribution in [3.8, 4) is 5.75 Å². The van der Waals surface area contributed by atoms with Crippen LogP contribution in [0.25, 0.3) is 6.08 Å². The summed E-state index contributed by atoms with van der Waals surface area (Å²) in [7, 11) is -4.03. The van der Waals surface area contributed by atoms with Crippen molar-refractivity contribution in [3.05, 3.63) is 59.9 Å². The van der Waals surface area contributed by atoms with Gasteiger partial charge >= 0.3 is 0 Å². The fourth-order valence-electron chi connectivity index (χ4n) is 2.96. The molecule has 0 unspecified atom stereocenters. The molecule has 160 valence electrons. The Labute approximate surface area is 175 Å². The maximum atomic E-state index is 14.3. The van der Waals surface area contributed by atoms with Gasteiger partial charge in [-0.3, -0.25) is 4.79 Å². The maximum Gasteiger partial charge on any atom is 0.248 e. The van der Waals surface area contributed by atoms with Gasteiger partial charge in [-0.15, -0.1) is 0 Å². The first-order valence-electron chi connectivity index (χ1n) is 9.50. The van der Waals surface area contributed by atoms with E-state index in [0.717, 1.165) is 17.7 Å². The molecule has 0 aromatic heterocycles. The van der Waals surface area contributed by atoms with Gasteiger partial charge in [0.1, 0.15) is 16.5 Å². The van der Waals surface area contributed by atoms with Crippen LogP contribution in [-0.4, -0.2) is 51.5 Å². The van der Waals surface area contributed by atoms with Crippen LogP contribution in [0.3, 0.4) is 0 Å². The van der Waals surface area contributed by atoms with E-state index in [1.54, 1.807) is 18.2 Å². The number of sulfonamides is 1. The lowest BCUT2D eigenvalue weighted by atomic mass is 10.2. The van der Waals surface area contributed by atoms with Crippen molar-refractivity contribution in [1.29, 1.82) is 0 Å². The lowest BCUT2D eigenvalue weighted by Gasteiger charge is -2.26. The Morgan fingerprint density at radius 3 is 2.70 bits per heavy atom. The first-order chi connectivity index (χ1) is 14.4. The Bertz CT molecular complexity index is 1030. The molecule has 9 heteroatoms. The van der Waals surface area contributed by atoms with Crippen LogP contribution in [0.4, 0.5) is 10.1 Å². The minimum absolute atomic E-state index is 0.153. The second-order valence-electron chi connectivity index (χ2n) is 6.46. The number of nitrogens with zero attached hydrogens (tertiary/aromatic N) is 1. The normalized spacial score (nSPS) is 15.3. The Kier molecular flexibility index (Phi) is 7.20. The summed E-state index contributed by atoms with van der Waals surface area (Å²) < 4.78 is 51.6. The summed E-state index contributed by atoms with van der Waals surface area (Å²) in [6.07, 6.45) is 2.90. The zero-order valence-electron chi connectivity index (χ0n) is 16.5. The predicted molar refractivity (Wildman–Crippen MR) is 111 cm³/mol. The molecule has 1 N–H and O–H groups in total. The second-order valence-corrected chi connectivity index (χ2v) is 8.36. The van der Waals surface area contributed by atoms with Crippen LogP contribution in [0.5, 0.6) is 5.75 Å². The summed E-state index contributed by atoms with van der Waals surface area (Å²) in [5.41, 5.74) is 0.903. The van der Waals surface area contributed by atoms with Gasteiger partial charge in [0.25, 0.3) is 0 Å². The van der Waals surface area contributed by atoms with E-state index < -0.39 is 26.6 Å². The molecule has 1 aliphatic rings. The Morgan fingerprint density at radius 2 is 1.97 bits per heavy atom. The highest BCUT2D eigenvalue weighted by Gasteiger charge is 2.29. The summed E-state index contributed by atoms with van der Waals surface area (Å²) in [6, 6.07) is 10.7. The number of halogens is 1. The zero-order valence-corrected chi connectivity index (χ0v) is 17.3. The fourth-order valence-corrected chi connectivity index (χ4v) is 4.46. The lowest BCUT2D eigenvalue weighted by molar-refractivity contribution is -0.111. The number of ether oxygens (including phenoxy) is 2. The fraction of sp³-hybridized carbons (Fsp3) is 0.286. The average molecular weight is 434 g/mol. The van der Waals surface area contributed by atoms with Gasteiger partial charge in [0.2, 0.25) is 15.9 Å². The number of morpholine rings is 1. The first kappa shape index (κ1) is 21.9. The van der Waals surface area contributed by atoms with Crippen molar-refractivity contribution in [3.63, 3.8) is 0 Å². The molecule has 0 spiro atoms. The molecule has 0 radical (unpaired) electrons. The molecule has 1 heterocycles. The zero-order chi connectivity index (χ0) is 21.6. The first-order valence-corrected chi connectivity index (χ1v) is 10.9. The predicted octanol–water partition coefficient (Wildman–Crippen LogP) is 2.90. The molecule has 1 aliphatic heterocycles. The molecular weight excluding hydrogens is 411 g/mol. The average Bonchev–Trinajstić information content (AvgIpc) is 2.75. The van der Waals surface area contributed by atoms with Crippen LogP contribution in [-0.2, 0) is 19.6 Å². The van der Waals surface area contributed by atoms with Crippen molar-refractivity contribution in [2.24, 2.45) is 0 Å². The third-order valence-electron chi connectivity index (χ3n) is 4.42. The maximum absolute atomic E-state index is 14.3. The van der Waals surface area contributed by atoms with E-state index in [2.05, 4.69) is 5.32 Å². The number of rotatable bonds is 7. The van der Waals surface area contributed by atoms with E-state index >= 15 is 0 Å². The van der Waals surface area contributed by atoms with E-state index in [1.807, 2.05) is 19.1 Å². The number of anilines is 1. The van der Waals surface area contributed by atoms with Crippen LogP contribution in [0.1, 0.15) is 12.5 Å². The highest BCUT2D eigenvalue weighted by molar-refractivity contribution is 7.89. The largest absolute Gasteiger partial charge is 0.493 e. The van der Waals surface area contributed by atoms with Crippen LogP contribution in [0.15, 0.2) is 53.4 Å². The number of benzene rings is 2.